The van der Waals surface area contributed by atoms with Gasteiger partial charge in [0.25, 0.3) is 5.78 Å². The first-order chi connectivity index (χ1) is 17.1. The summed E-state index contributed by atoms with van der Waals surface area (Å²) in [6.07, 6.45) is 1.79. The van der Waals surface area contributed by atoms with Gasteiger partial charge in [0.2, 0.25) is 0 Å². The normalized spacial score (nSPS) is 17.4. The van der Waals surface area contributed by atoms with Crippen molar-refractivity contribution in [1.82, 2.24) is 14.4 Å². The van der Waals surface area contributed by atoms with Gasteiger partial charge in [-0.2, -0.15) is 0 Å². The number of anilines is 1. The Morgan fingerprint density at radius 2 is 1.78 bits per heavy atom. The second kappa shape index (κ2) is 8.49. The van der Waals surface area contributed by atoms with Crippen molar-refractivity contribution in [2.24, 2.45) is 0 Å². The first kappa shape index (κ1) is 23.6. The number of aromatic nitrogens is 3. The molecule has 1 N–H and O–H groups in total. The largest absolute Gasteiger partial charge is 0.505 e. The molecule has 8 nitrogen and oxygen atoms in total. The van der Waals surface area contributed by atoms with Crippen molar-refractivity contribution < 1.29 is 23.9 Å². The Bertz CT molecular complexity index is 1620. The molecule has 0 saturated carbocycles. The van der Waals surface area contributed by atoms with Crippen molar-refractivity contribution in [3.8, 4) is 0 Å². The average Bonchev–Trinajstić information content (AvgIpc) is 3.47. The number of aliphatic hydroxyl groups is 1. The van der Waals surface area contributed by atoms with Gasteiger partial charge in [-0.05, 0) is 50.1 Å². The third-order valence-corrected chi connectivity index (χ3v) is 7.51. The van der Waals surface area contributed by atoms with E-state index in [4.69, 9.17) is 0 Å². The zero-order valence-electron chi connectivity index (χ0n) is 19.9. The van der Waals surface area contributed by atoms with Crippen molar-refractivity contribution in [2.75, 3.05) is 4.90 Å². The second-order valence-electron chi connectivity index (χ2n) is 8.62. The van der Waals surface area contributed by atoms with E-state index in [1.165, 1.54) is 31.2 Å². The fourth-order valence-corrected chi connectivity index (χ4v) is 5.47. The van der Waals surface area contributed by atoms with E-state index in [0.29, 0.717) is 27.5 Å². The van der Waals surface area contributed by atoms with E-state index in [1.54, 1.807) is 24.4 Å². The lowest BCUT2D eigenvalue weighted by Crippen LogP contribution is -2.29. The highest BCUT2D eigenvalue weighted by Crippen LogP contribution is 2.44. The van der Waals surface area contributed by atoms with Crippen LogP contribution in [0.1, 0.15) is 50.8 Å². The number of imidazole rings is 1. The summed E-state index contributed by atoms with van der Waals surface area (Å²) >= 11 is 0.985. The third-order valence-electron chi connectivity index (χ3n) is 6.25. The Labute approximate surface area is 209 Å². The maximum atomic E-state index is 13.8. The maximum Gasteiger partial charge on any atom is 0.301 e. The fourth-order valence-electron chi connectivity index (χ4n) is 4.48. The van der Waals surface area contributed by atoms with Gasteiger partial charge in [0.1, 0.15) is 17.2 Å². The standard InChI is InChI=1S/C26H21FN4O4S/c1-12-6-5-11-30-14(3)19(29-24(12)30)21(33)18-20(16-7-9-17(27)10-8-16)31(25(35)22(18)34)26-28-13(2)23(36-26)15(4)32/h5-11,20,33H,1-4H3. The van der Waals surface area contributed by atoms with Crippen molar-refractivity contribution in [1.29, 1.82) is 0 Å². The number of amides is 1. The number of Topliss-reactive ketones (excluding diaryl/α,β-unsaturated/α-hetero) is 2. The molecule has 1 atom stereocenters. The molecular formula is C26H21FN4O4S. The van der Waals surface area contributed by atoms with E-state index < -0.39 is 29.3 Å². The zero-order chi connectivity index (χ0) is 25.9. The van der Waals surface area contributed by atoms with Crippen LogP contribution in [0, 0.1) is 26.6 Å². The van der Waals surface area contributed by atoms with Crippen LogP contribution in [-0.2, 0) is 9.59 Å². The number of halogens is 1. The van der Waals surface area contributed by atoms with Gasteiger partial charge in [0, 0.05) is 13.1 Å². The summed E-state index contributed by atoms with van der Waals surface area (Å²) in [6, 6.07) is 7.93. The maximum absolute atomic E-state index is 13.8. The molecule has 182 valence electrons. The first-order valence-corrected chi connectivity index (χ1v) is 11.9. The summed E-state index contributed by atoms with van der Waals surface area (Å²) in [5.74, 6) is -2.99. The highest BCUT2D eigenvalue weighted by Gasteiger charge is 2.48. The van der Waals surface area contributed by atoms with Crippen LogP contribution in [0.25, 0.3) is 11.4 Å². The van der Waals surface area contributed by atoms with Gasteiger partial charge in [-0.3, -0.25) is 19.3 Å². The molecule has 1 unspecified atom stereocenters. The number of thiazole rings is 1. The molecule has 36 heavy (non-hydrogen) atoms. The number of carbonyl (C=O) groups is 3. The lowest BCUT2D eigenvalue weighted by atomic mass is 9.96. The molecule has 1 aliphatic rings. The number of pyridine rings is 1. The van der Waals surface area contributed by atoms with E-state index in [9.17, 15) is 23.9 Å². The zero-order valence-corrected chi connectivity index (χ0v) is 20.7. The van der Waals surface area contributed by atoms with Crippen LogP contribution in [0.15, 0.2) is 48.2 Å². The van der Waals surface area contributed by atoms with Gasteiger partial charge in [-0.1, -0.05) is 29.5 Å². The summed E-state index contributed by atoms with van der Waals surface area (Å²) < 4.78 is 15.5. The Hall–Kier alpha value is -4.18. The van der Waals surface area contributed by atoms with E-state index in [-0.39, 0.29) is 22.2 Å². The van der Waals surface area contributed by atoms with Crippen LogP contribution in [-0.4, -0.2) is 36.9 Å². The van der Waals surface area contributed by atoms with E-state index in [1.807, 2.05) is 19.1 Å². The Morgan fingerprint density at radius 1 is 1.08 bits per heavy atom. The highest BCUT2D eigenvalue weighted by atomic mass is 32.1. The van der Waals surface area contributed by atoms with Crippen molar-refractivity contribution in [2.45, 2.75) is 33.7 Å². The molecule has 3 aromatic heterocycles. The fraction of sp³-hybridized carbons (Fsp3) is 0.192. The smallest absolute Gasteiger partial charge is 0.301 e. The number of carbonyl (C=O) groups excluding carboxylic acids is 3. The van der Waals surface area contributed by atoms with Gasteiger partial charge in [0.15, 0.2) is 16.7 Å². The Morgan fingerprint density at radius 3 is 2.39 bits per heavy atom. The van der Waals surface area contributed by atoms with Crippen molar-refractivity contribution >= 4 is 45.3 Å². The van der Waals surface area contributed by atoms with Crippen LogP contribution in [0.5, 0.6) is 0 Å². The lowest BCUT2D eigenvalue weighted by molar-refractivity contribution is -0.132. The number of benzene rings is 1. The molecule has 0 aliphatic carbocycles. The number of ketones is 2. The van der Waals surface area contributed by atoms with Gasteiger partial charge in [-0.25, -0.2) is 14.4 Å². The molecule has 4 heterocycles. The number of aryl methyl sites for hydroxylation is 3. The predicted molar refractivity (Wildman–Crippen MR) is 133 cm³/mol. The minimum atomic E-state index is -1.10. The topological polar surface area (TPSA) is 105 Å². The van der Waals surface area contributed by atoms with Gasteiger partial charge in [0.05, 0.1) is 27.9 Å². The summed E-state index contributed by atoms with van der Waals surface area (Å²) in [5, 5.41) is 11.6. The number of rotatable bonds is 4. The molecule has 0 radical (unpaired) electrons. The van der Waals surface area contributed by atoms with Crippen molar-refractivity contribution in [3.05, 3.63) is 87.1 Å². The number of hydrogen-bond acceptors (Lipinski definition) is 7. The number of fused-ring (bicyclic) bond motifs is 1. The summed E-state index contributed by atoms with van der Waals surface area (Å²) in [6.45, 7) is 6.66. The summed E-state index contributed by atoms with van der Waals surface area (Å²) in [5.41, 5.74) is 2.85. The molecule has 1 fully saturated rings. The third kappa shape index (κ3) is 3.53. The van der Waals surface area contributed by atoms with Crippen LogP contribution in [0.2, 0.25) is 0 Å². The average molecular weight is 505 g/mol. The van der Waals surface area contributed by atoms with E-state index in [2.05, 4.69) is 9.97 Å². The molecule has 1 saturated heterocycles. The minimum Gasteiger partial charge on any atom is -0.505 e. The number of aliphatic hydroxyl groups excluding tert-OH is 1. The lowest BCUT2D eigenvalue weighted by Gasteiger charge is -2.22. The molecule has 1 amide bonds. The highest BCUT2D eigenvalue weighted by molar-refractivity contribution is 7.18. The predicted octanol–water partition coefficient (Wildman–Crippen LogP) is 4.68. The van der Waals surface area contributed by atoms with E-state index in [0.717, 1.165) is 21.8 Å². The van der Waals surface area contributed by atoms with Gasteiger partial charge in [-0.15, -0.1) is 0 Å². The van der Waals surface area contributed by atoms with Crippen LogP contribution < -0.4 is 4.90 Å². The minimum absolute atomic E-state index is 0.135. The van der Waals surface area contributed by atoms with Gasteiger partial charge < -0.3 is 9.51 Å². The monoisotopic (exact) mass is 504 g/mol. The van der Waals surface area contributed by atoms with Crippen molar-refractivity contribution in [3.63, 3.8) is 0 Å². The molecule has 4 aromatic rings. The van der Waals surface area contributed by atoms with E-state index >= 15 is 0 Å². The van der Waals surface area contributed by atoms with Crippen LogP contribution >= 0.6 is 11.3 Å². The van der Waals surface area contributed by atoms with Gasteiger partial charge >= 0.3 is 5.91 Å². The molecular weight excluding hydrogens is 483 g/mol. The first-order valence-electron chi connectivity index (χ1n) is 11.1. The molecule has 0 bridgehead atoms. The molecule has 1 aromatic carbocycles. The Balaban J connectivity index is 1.77. The number of hydrogen-bond donors (Lipinski definition) is 1. The van der Waals surface area contributed by atoms with Crippen LogP contribution in [0.4, 0.5) is 9.52 Å². The summed E-state index contributed by atoms with van der Waals surface area (Å²) in [7, 11) is 0. The number of nitrogens with zero attached hydrogens (tertiary/aromatic N) is 4. The molecule has 0 spiro atoms. The van der Waals surface area contributed by atoms with Crippen LogP contribution in [0.3, 0.4) is 0 Å². The quantitative estimate of drug-likeness (QED) is 0.187. The Kier molecular flexibility index (Phi) is 5.55. The summed E-state index contributed by atoms with van der Waals surface area (Å²) in [4.78, 5) is 49.2. The molecule has 1 aliphatic heterocycles. The SMILES string of the molecule is CC(=O)c1sc(N2C(=O)C(=O)C(=C(O)c3nc4c(C)cccn4c3C)C2c2ccc(F)cc2)nc1C. The molecule has 10 heteroatoms. The second-order valence-corrected chi connectivity index (χ2v) is 9.60. The molecule has 5 rings (SSSR count).